The summed E-state index contributed by atoms with van der Waals surface area (Å²) < 4.78 is 5.00. The molecule has 1 fully saturated rings. The van der Waals surface area contributed by atoms with Crippen LogP contribution in [0.4, 0.5) is 5.69 Å². The van der Waals surface area contributed by atoms with Crippen molar-refractivity contribution in [2.24, 2.45) is 0 Å². The summed E-state index contributed by atoms with van der Waals surface area (Å²) >= 11 is 0. The molecule has 0 spiro atoms. The second-order valence-electron chi connectivity index (χ2n) is 4.70. The molecule has 5 nitrogen and oxygen atoms in total. The average Bonchev–Trinajstić information content (AvgIpc) is 2.97. The van der Waals surface area contributed by atoms with Gasteiger partial charge in [0.1, 0.15) is 5.69 Å². The number of nitrogens with one attached hydrogen (secondary N) is 1. The number of nitrogens with zero attached hydrogens (tertiary/aromatic N) is 2. The van der Waals surface area contributed by atoms with Crippen LogP contribution in [0.25, 0.3) is 0 Å². The van der Waals surface area contributed by atoms with Gasteiger partial charge in [-0.25, -0.2) is 0 Å². The van der Waals surface area contributed by atoms with Crippen LogP contribution in [0.5, 0.6) is 0 Å². The Morgan fingerprint density at radius 1 is 1.47 bits per heavy atom. The van der Waals surface area contributed by atoms with E-state index in [2.05, 4.69) is 10.3 Å². The van der Waals surface area contributed by atoms with Crippen molar-refractivity contribution >= 4 is 11.6 Å². The summed E-state index contributed by atoms with van der Waals surface area (Å²) in [5.74, 6) is 0.0399. The lowest BCUT2D eigenvalue weighted by atomic mass is 10.3. The molecule has 5 heteroatoms. The molecule has 1 N–H and O–H groups in total. The van der Waals surface area contributed by atoms with Crippen molar-refractivity contribution in [1.82, 2.24) is 9.88 Å². The van der Waals surface area contributed by atoms with Crippen LogP contribution in [-0.4, -0.2) is 49.1 Å². The minimum Gasteiger partial charge on any atom is -0.385 e. The Balaban J connectivity index is 1.92. The maximum atomic E-state index is 12.2. The molecule has 1 aromatic rings. The number of rotatable bonds is 6. The first-order valence-corrected chi connectivity index (χ1v) is 6.79. The highest BCUT2D eigenvalue weighted by Gasteiger charge is 2.20. The zero-order valence-corrected chi connectivity index (χ0v) is 11.4. The Kier molecular flexibility index (Phi) is 5.15. The average molecular weight is 263 g/mol. The van der Waals surface area contributed by atoms with Gasteiger partial charge in [-0.15, -0.1) is 0 Å². The van der Waals surface area contributed by atoms with Crippen LogP contribution in [0, 0.1) is 0 Å². The third-order valence-electron chi connectivity index (χ3n) is 3.23. The summed E-state index contributed by atoms with van der Waals surface area (Å²) in [5.41, 5.74) is 1.47. The summed E-state index contributed by atoms with van der Waals surface area (Å²) in [7, 11) is 1.69. The molecule has 0 bridgehead atoms. The topological polar surface area (TPSA) is 54.5 Å². The molecule has 1 amide bonds. The van der Waals surface area contributed by atoms with E-state index in [-0.39, 0.29) is 5.91 Å². The zero-order valence-electron chi connectivity index (χ0n) is 11.4. The highest BCUT2D eigenvalue weighted by molar-refractivity contribution is 5.93. The van der Waals surface area contributed by atoms with E-state index in [0.29, 0.717) is 5.69 Å². The van der Waals surface area contributed by atoms with Gasteiger partial charge in [0.2, 0.25) is 0 Å². The molecular formula is C14H21N3O2. The van der Waals surface area contributed by atoms with Gasteiger partial charge >= 0.3 is 0 Å². The maximum Gasteiger partial charge on any atom is 0.272 e. The Morgan fingerprint density at radius 3 is 3.00 bits per heavy atom. The minimum absolute atomic E-state index is 0.0399. The number of methoxy groups -OCH3 is 1. The molecule has 0 aromatic carbocycles. The number of amides is 1. The summed E-state index contributed by atoms with van der Waals surface area (Å²) in [4.78, 5) is 18.2. The second kappa shape index (κ2) is 7.09. The van der Waals surface area contributed by atoms with Crippen molar-refractivity contribution < 1.29 is 9.53 Å². The van der Waals surface area contributed by atoms with Gasteiger partial charge < -0.3 is 15.0 Å². The SMILES string of the molecule is COCCCNc1ccnc(C(=O)N2CCCC2)c1. The number of pyridine rings is 1. The van der Waals surface area contributed by atoms with Crippen LogP contribution >= 0.6 is 0 Å². The molecule has 1 saturated heterocycles. The lowest BCUT2D eigenvalue weighted by molar-refractivity contribution is 0.0787. The predicted octanol–water partition coefficient (Wildman–Crippen LogP) is 1.77. The van der Waals surface area contributed by atoms with E-state index in [0.717, 1.165) is 51.2 Å². The van der Waals surface area contributed by atoms with Crippen molar-refractivity contribution in [3.63, 3.8) is 0 Å². The lowest BCUT2D eigenvalue weighted by Crippen LogP contribution is -2.28. The first-order valence-electron chi connectivity index (χ1n) is 6.79. The van der Waals surface area contributed by atoms with Crippen molar-refractivity contribution in [3.05, 3.63) is 24.0 Å². The molecule has 0 radical (unpaired) electrons. The third kappa shape index (κ3) is 3.92. The zero-order chi connectivity index (χ0) is 13.5. The summed E-state index contributed by atoms with van der Waals surface area (Å²) in [6, 6.07) is 3.71. The molecule has 2 heterocycles. The molecule has 1 aliphatic heterocycles. The van der Waals surface area contributed by atoms with E-state index in [1.807, 2.05) is 17.0 Å². The van der Waals surface area contributed by atoms with Crippen LogP contribution < -0.4 is 5.32 Å². The van der Waals surface area contributed by atoms with Gasteiger partial charge in [0, 0.05) is 45.2 Å². The number of anilines is 1. The molecule has 1 aliphatic rings. The standard InChI is InChI=1S/C14H21N3O2/c1-19-10-4-6-15-12-5-7-16-13(11-12)14(18)17-8-2-3-9-17/h5,7,11H,2-4,6,8-10H2,1H3,(H,15,16). The number of likely N-dealkylation sites (tertiary alicyclic amines) is 1. The summed E-state index contributed by atoms with van der Waals surface area (Å²) in [5, 5.41) is 3.27. The molecular weight excluding hydrogens is 242 g/mol. The van der Waals surface area contributed by atoms with Crippen molar-refractivity contribution in [2.75, 3.05) is 38.7 Å². The van der Waals surface area contributed by atoms with E-state index in [1.54, 1.807) is 13.3 Å². The fraction of sp³-hybridized carbons (Fsp3) is 0.571. The monoisotopic (exact) mass is 263 g/mol. The first kappa shape index (κ1) is 13.8. The number of hydrogen-bond acceptors (Lipinski definition) is 4. The smallest absolute Gasteiger partial charge is 0.272 e. The minimum atomic E-state index is 0.0399. The van der Waals surface area contributed by atoms with Gasteiger partial charge in [-0.3, -0.25) is 9.78 Å². The Morgan fingerprint density at radius 2 is 2.26 bits per heavy atom. The highest BCUT2D eigenvalue weighted by atomic mass is 16.5. The van der Waals surface area contributed by atoms with Crippen molar-refractivity contribution in [3.8, 4) is 0 Å². The number of aromatic nitrogens is 1. The lowest BCUT2D eigenvalue weighted by Gasteiger charge is -2.15. The van der Waals surface area contributed by atoms with Crippen molar-refractivity contribution in [2.45, 2.75) is 19.3 Å². The van der Waals surface area contributed by atoms with Gasteiger partial charge in [-0.1, -0.05) is 0 Å². The molecule has 19 heavy (non-hydrogen) atoms. The van der Waals surface area contributed by atoms with Crippen LogP contribution in [0.15, 0.2) is 18.3 Å². The van der Waals surface area contributed by atoms with Crippen LogP contribution in [0.2, 0.25) is 0 Å². The quantitative estimate of drug-likeness (QED) is 0.795. The predicted molar refractivity (Wildman–Crippen MR) is 74.4 cm³/mol. The van der Waals surface area contributed by atoms with E-state index in [1.165, 1.54) is 0 Å². The molecule has 2 rings (SSSR count). The van der Waals surface area contributed by atoms with E-state index in [4.69, 9.17) is 4.74 Å². The molecule has 0 aliphatic carbocycles. The maximum absolute atomic E-state index is 12.2. The molecule has 0 saturated carbocycles. The van der Waals surface area contributed by atoms with Gasteiger partial charge in [0.25, 0.3) is 5.91 Å². The molecule has 0 unspecified atom stereocenters. The number of ether oxygens (including phenoxy) is 1. The van der Waals surface area contributed by atoms with Crippen LogP contribution in [0.3, 0.4) is 0 Å². The molecule has 104 valence electrons. The van der Waals surface area contributed by atoms with Crippen LogP contribution in [-0.2, 0) is 4.74 Å². The Bertz CT molecular complexity index is 417. The van der Waals surface area contributed by atoms with E-state index in [9.17, 15) is 4.79 Å². The number of hydrogen-bond donors (Lipinski definition) is 1. The summed E-state index contributed by atoms with van der Waals surface area (Å²) in [6.07, 6.45) is 4.82. The number of carbonyl (C=O) groups is 1. The Hall–Kier alpha value is -1.62. The molecule has 1 aromatic heterocycles. The Labute approximate surface area is 114 Å². The highest BCUT2D eigenvalue weighted by Crippen LogP contribution is 2.14. The van der Waals surface area contributed by atoms with Gasteiger partial charge in [-0.05, 0) is 31.4 Å². The summed E-state index contributed by atoms with van der Waals surface area (Å²) in [6.45, 7) is 3.27. The molecule has 0 atom stereocenters. The fourth-order valence-electron chi connectivity index (χ4n) is 2.19. The van der Waals surface area contributed by atoms with Gasteiger partial charge in [0.15, 0.2) is 0 Å². The van der Waals surface area contributed by atoms with Crippen LogP contribution in [0.1, 0.15) is 29.8 Å². The second-order valence-corrected chi connectivity index (χ2v) is 4.70. The third-order valence-corrected chi connectivity index (χ3v) is 3.23. The van der Waals surface area contributed by atoms with Gasteiger partial charge in [0.05, 0.1) is 0 Å². The largest absolute Gasteiger partial charge is 0.385 e. The fourth-order valence-corrected chi connectivity index (χ4v) is 2.19. The van der Waals surface area contributed by atoms with E-state index >= 15 is 0 Å². The number of carbonyl (C=O) groups excluding carboxylic acids is 1. The van der Waals surface area contributed by atoms with E-state index < -0.39 is 0 Å². The first-order chi connectivity index (χ1) is 9.31. The van der Waals surface area contributed by atoms with Crippen molar-refractivity contribution in [1.29, 1.82) is 0 Å². The normalized spacial score (nSPS) is 14.7. The van der Waals surface area contributed by atoms with Gasteiger partial charge in [-0.2, -0.15) is 0 Å².